The molecule has 8 aliphatic heterocycles. The van der Waals surface area contributed by atoms with E-state index in [0.29, 0.717) is 75.4 Å². The zero-order valence-corrected chi connectivity index (χ0v) is 75.8. The highest BCUT2D eigenvalue weighted by molar-refractivity contribution is 5.92. The lowest BCUT2D eigenvalue weighted by Crippen LogP contribution is -2.49. The summed E-state index contributed by atoms with van der Waals surface area (Å²) in [5.41, 5.74) is 29.8. The summed E-state index contributed by atoms with van der Waals surface area (Å²) in [5, 5.41) is 31.7. The van der Waals surface area contributed by atoms with Crippen molar-refractivity contribution in [2.45, 2.75) is 163 Å². The second-order valence-electron chi connectivity index (χ2n) is 35.3. The second kappa shape index (κ2) is 35.9. The third kappa shape index (κ3) is 16.5. The topological polar surface area (TPSA) is 223 Å². The number of anilines is 4. The van der Waals surface area contributed by atoms with E-state index in [4.69, 9.17) is 58.0 Å². The van der Waals surface area contributed by atoms with Gasteiger partial charge < -0.3 is 77.6 Å². The van der Waals surface area contributed by atoms with Crippen molar-refractivity contribution < 1.29 is 90.6 Å². The Balaban J connectivity index is 0.000000120. The minimum Gasteiger partial charge on any atom is -0.497 e. The molecule has 3 N–H and O–H groups in total. The molecule has 8 aliphatic rings. The highest BCUT2D eigenvalue weighted by Gasteiger charge is 2.41. The molecule has 20 rings (SSSR count). The molecule has 0 spiro atoms. The number of ether oxygens (including phenoxy) is 9. The van der Waals surface area contributed by atoms with Crippen molar-refractivity contribution in [1.29, 1.82) is 0 Å². The number of aryl methyl sites for hydroxylation is 7. The van der Waals surface area contributed by atoms with Gasteiger partial charge in [0.25, 0.3) is 0 Å². The van der Waals surface area contributed by atoms with E-state index in [9.17, 15) is 14.4 Å². The van der Waals surface area contributed by atoms with Gasteiger partial charge >= 0.3 is 17.9 Å². The summed E-state index contributed by atoms with van der Waals surface area (Å²) < 4.78 is 62.2. The van der Waals surface area contributed by atoms with Crippen LogP contribution in [0.25, 0.3) is 88.6 Å². The Labute approximate surface area is 742 Å². The summed E-state index contributed by atoms with van der Waals surface area (Å²) >= 11 is 0. The summed E-state index contributed by atoms with van der Waals surface area (Å²) in [6.45, 7) is 22.4. The van der Waals surface area contributed by atoms with Crippen LogP contribution in [0.4, 0.5) is 22.7 Å². The maximum absolute atomic E-state index is 11.1. The average molecular weight is 1720 g/mol. The van der Waals surface area contributed by atoms with Crippen LogP contribution in [0.1, 0.15) is 155 Å². The number of aromatic nitrogens is 4. The first-order chi connectivity index (χ1) is 61.4. The number of fused-ring (bicyclic) bond motifs is 20. The molecule has 23 nitrogen and oxygen atoms in total. The number of carboxylic acids is 3. The van der Waals surface area contributed by atoms with Gasteiger partial charge in [-0.15, -0.1) is 0 Å². The molecule has 0 saturated heterocycles. The molecule has 1 atom stereocenters. The first-order valence-electron chi connectivity index (χ1n) is 45.0. The largest absolute Gasteiger partial charge is 0.497 e. The number of aliphatic carboxylic acids is 3. The molecule has 127 heavy (non-hydrogen) atoms. The predicted octanol–water partition coefficient (Wildman–Crippen LogP) is 17.5. The number of carbonyl (C=O) groups is 3. The van der Waals surface area contributed by atoms with Gasteiger partial charge in [0.05, 0.1) is 102 Å². The van der Waals surface area contributed by atoms with Crippen molar-refractivity contribution in [3.63, 3.8) is 0 Å². The Morgan fingerprint density at radius 1 is 0.457 bits per heavy atom. The monoisotopic (exact) mass is 1720 g/mol. The smallest absolute Gasteiger partial charge is 0.303 e. The van der Waals surface area contributed by atoms with E-state index >= 15 is 0 Å². The normalized spacial score (nSPS) is 15.3. The van der Waals surface area contributed by atoms with Crippen molar-refractivity contribution in [3.05, 3.63) is 184 Å². The first-order valence-corrected chi connectivity index (χ1v) is 45.0. The quantitative estimate of drug-likeness (QED) is 0.0603. The van der Waals surface area contributed by atoms with Crippen LogP contribution in [0.2, 0.25) is 0 Å². The zero-order chi connectivity index (χ0) is 89.0. The minimum atomic E-state index is -0.752. The Bertz CT molecular complexity index is 6380. The minimum absolute atomic E-state index is 0.0499. The number of rotatable bonds is 20. The van der Waals surface area contributed by atoms with E-state index in [0.717, 1.165) is 186 Å². The molecule has 0 aliphatic carbocycles. The summed E-state index contributed by atoms with van der Waals surface area (Å²) in [4.78, 5) is 42.4. The van der Waals surface area contributed by atoms with Crippen molar-refractivity contribution in [2.24, 2.45) is 28.2 Å². The van der Waals surface area contributed by atoms with Crippen LogP contribution >= 0.6 is 0 Å². The molecule has 4 aromatic heterocycles. The van der Waals surface area contributed by atoms with Gasteiger partial charge in [-0.1, -0.05) is 19.9 Å². The number of methoxy groups -OCH3 is 4. The van der Waals surface area contributed by atoms with Crippen molar-refractivity contribution in [1.82, 2.24) is 0 Å². The van der Waals surface area contributed by atoms with E-state index in [1.165, 1.54) is 100 Å². The van der Waals surface area contributed by atoms with Gasteiger partial charge in [-0.2, -0.15) is 18.3 Å². The fourth-order valence-corrected chi connectivity index (χ4v) is 20.9. The lowest BCUT2D eigenvalue weighted by Gasteiger charge is -2.48. The molecule has 12 aromatic rings. The Morgan fingerprint density at radius 2 is 0.945 bits per heavy atom. The van der Waals surface area contributed by atoms with Gasteiger partial charge in [-0.05, 0) is 198 Å². The number of benzene rings is 8. The van der Waals surface area contributed by atoms with Crippen LogP contribution in [0.15, 0.2) is 133 Å². The second-order valence-corrected chi connectivity index (χ2v) is 35.3. The Morgan fingerprint density at radius 3 is 1.48 bits per heavy atom. The fourth-order valence-electron chi connectivity index (χ4n) is 20.9. The number of hydrogen-bond acceptors (Lipinski definition) is 16. The first kappa shape index (κ1) is 86.3. The van der Waals surface area contributed by atoms with Gasteiger partial charge in [-0.3, -0.25) is 14.4 Å². The van der Waals surface area contributed by atoms with E-state index in [1.54, 1.807) is 28.4 Å². The highest BCUT2D eigenvalue weighted by Crippen LogP contribution is 2.52. The third-order valence-corrected chi connectivity index (χ3v) is 27.1. The third-order valence-electron chi connectivity index (χ3n) is 27.1. The van der Waals surface area contributed by atoms with Crippen molar-refractivity contribution in [2.75, 3.05) is 100 Å². The lowest BCUT2D eigenvalue weighted by atomic mass is 9.78. The van der Waals surface area contributed by atoms with E-state index < -0.39 is 17.9 Å². The molecule has 0 bridgehead atoms. The van der Waals surface area contributed by atoms with Gasteiger partial charge in [0, 0.05) is 147 Å². The van der Waals surface area contributed by atoms with Crippen LogP contribution < -0.4 is 80.5 Å². The number of nitrogens with zero attached hydrogens (tertiary/aromatic N) is 8. The van der Waals surface area contributed by atoms with Gasteiger partial charge in [0.1, 0.15) is 89.1 Å². The molecule has 12 heterocycles. The van der Waals surface area contributed by atoms with Crippen LogP contribution in [0.5, 0.6) is 51.7 Å². The summed E-state index contributed by atoms with van der Waals surface area (Å²) in [7, 11) is 15.0. The highest BCUT2D eigenvalue weighted by atomic mass is 16.5. The summed E-state index contributed by atoms with van der Waals surface area (Å²) in [5.74, 6) is 5.47. The van der Waals surface area contributed by atoms with Gasteiger partial charge in [0.15, 0.2) is 11.5 Å². The van der Waals surface area contributed by atoms with Gasteiger partial charge in [-0.25, -0.2) is 0 Å². The molecule has 0 amide bonds. The number of pyridine rings is 4. The van der Waals surface area contributed by atoms with Crippen LogP contribution in [0.3, 0.4) is 0 Å². The average Bonchev–Trinajstić information content (AvgIpc) is 1.18. The Hall–Kier alpha value is -12.8. The molecular formula is C104H118N8O15+4. The van der Waals surface area contributed by atoms with Crippen molar-refractivity contribution >= 4 is 84.3 Å². The molecule has 0 saturated carbocycles. The van der Waals surface area contributed by atoms with Crippen LogP contribution in [-0.4, -0.2) is 120 Å². The SMILES string of the molecule is CCc1ccc2c(c1)cc1c([n+]2C)-c2ccc(N(CC)CC)cc2OC1.COc1cc2c(cc3c([n+]2C)-c2cc4c(cc2OC3)N(CCCC(=O)O)CCC4)c(OC)c1OC.COc1ccc2c(c1)cc1c([n+]2C)-c2cc3c(cc2OC1)N(CCCC(=O)O)C(C)(C)CC3C.C[n+]1c2c(cc3cc4c(cc31)OCC4)COc1cc3c(cc1-2)CCCN3CCCC(=O)O. The number of carboxylic acid groups (broad SMARTS) is 3. The molecule has 0 fully saturated rings. The zero-order valence-electron chi connectivity index (χ0n) is 75.8. The molecule has 23 heteroatoms. The number of hydrogen-bond donors (Lipinski definition) is 3. The summed E-state index contributed by atoms with van der Waals surface area (Å²) in [6.07, 6.45) is 9.68. The molecule has 0 radical (unpaired) electrons. The summed E-state index contributed by atoms with van der Waals surface area (Å²) in [6, 6.07) is 48.2. The van der Waals surface area contributed by atoms with Crippen molar-refractivity contribution in [3.8, 4) is 96.8 Å². The lowest BCUT2D eigenvalue weighted by molar-refractivity contribution is -0.634. The van der Waals surface area contributed by atoms with E-state index in [1.807, 2.05) is 12.1 Å². The standard InChI is InChI=1S/C28H32N2O4.C27H30N2O6.C26H26N2O4.C23H27N2O/c1-17-15-28(2,3)30(10-6-7-26(31)32)24-14-25-22(13-21(17)24)27-19(16-34-25)11-18-12-20(33-5)8-9-23(18)29(27)4;1-28-21-14-23(32-2)27(34-4)26(33-3)18(21)12-17-15-35-22-13-20-16(11-19(22)25(17)28)7-5-9-29(20)10-6-8-24(30)31;1-27-21-13-23-17(6-9-31-23)10-18(21)11-19-15-32-24-14-22-16(12-20(24)26(19)27)4-2-7-28(22)8-3-5-25(29)30;1-5-16-8-11-21-17(12-16)13-18-15-26-22-14-19(25(6-2)7-3)9-10-20(22)23(18)24(21)4/h8-9,11-14,17H,6-7,10,15-16H2,1-5H3;11-14H,5-10,15H2,1-4H3;10-14H,2-9,15H2,1H3;8-14H,5-7,15H2,1-4H3/q;;;+1/p+3. The van der Waals surface area contributed by atoms with Gasteiger partial charge in [0.2, 0.25) is 50.6 Å². The van der Waals surface area contributed by atoms with Crippen LogP contribution in [-0.2, 0) is 94.7 Å². The maximum Gasteiger partial charge on any atom is 0.303 e. The predicted molar refractivity (Wildman–Crippen MR) is 494 cm³/mol. The Kier molecular flexibility index (Phi) is 24.4. The maximum atomic E-state index is 11.1. The van der Waals surface area contributed by atoms with Crippen LogP contribution in [0, 0.1) is 0 Å². The molecular weight excluding hydrogens is 1600 g/mol. The molecule has 660 valence electrons. The van der Waals surface area contributed by atoms with E-state index in [-0.39, 0.29) is 24.8 Å². The fraction of sp³-hybridized carbons (Fsp3) is 0.394. The molecule has 1 unspecified atom stereocenters. The molecule has 8 aromatic carbocycles. The van der Waals surface area contributed by atoms with E-state index in [2.05, 4.69) is 229 Å².